The molecular formula is C15H29N. The third-order valence-corrected chi connectivity index (χ3v) is 4.84. The molecule has 0 heterocycles. The second kappa shape index (κ2) is 6.05. The molecule has 0 spiro atoms. The van der Waals surface area contributed by atoms with Crippen molar-refractivity contribution in [1.29, 1.82) is 0 Å². The molecule has 94 valence electrons. The van der Waals surface area contributed by atoms with Crippen molar-refractivity contribution in [3.63, 3.8) is 0 Å². The predicted molar refractivity (Wildman–Crippen MR) is 70.5 cm³/mol. The number of rotatable bonds is 6. The lowest BCUT2D eigenvalue weighted by Crippen LogP contribution is -2.35. The molecule has 1 heteroatoms. The summed E-state index contributed by atoms with van der Waals surface area (Å²) in [7, 11) is 0. The van der Waals surface area contributed by atoms with Crippen molar-refractivity contribution < 1.29 is 0 Å². The highest BCUT2D eigenvalue weighted by Gasteiger charge is 2.30. The minimum Gasteiger partial charge on any atom is -0.313 e. The summed E-state index contributed by atoms with van der Waals surface area (Å²) in [4.78, 5) is 0. The van der Waals surface area contributed by atoms with Gasteiger partial charge in [0.25, 0.3) is 0 Å². The molecule has 2 rings (SSSR count). The highest BCUT2D eigenvalue weighted by Crippen LogP contribution is 2.35. The van der Waals surface area contributed by atoms with E-state index >= 15 is 0 Å². The first-order chi connectivity index (χ1) is 7.83. The van der Waals surface area contributed by atoms with Crippen LogP contribution < -0.4 is 5.32 Å². The molecule has 1 N–H and O–H groups in total. The summed E-state index contributed by atoms with van der Waals surface area (Å²) in [5.74, 6) is 3.05. The third-order valence-electron chi connectivity index (χ3n) is 4.84. The van der Waals surface area contributed by atoms with Gasteiger partial charge in [-0.1, -0.05) is 33.1 Å². The van der Waals surface area contributed by atoms with E-state index in [9.17, 15) is 0 Å². The van der Waals surface area contributed by atoms with Crippen LogP contribution in [-0.2, 0) is 0 Å². The molecule has 16 heavy (non-hydrogen) atoms. The molecule has 0 saturated heterocycles. The SMILES string of the molecule is CCC1CCC(CNC(CC)C2CC2)CC1. The topological polar surface area (TPSA) is 12.0 Å². The van der Waals surface area contributed by atoms with Gasteiger partial charge in [-0.05, 0) is 56.4 Å². The van der Waals surface area contributed by atoms with Crippen molar-refractivity contribution in [2.75, 3.05) is 6.54 Å². The van der Waals surface area contributed by atoms with Crippen molar-refractivity contribution in [1.82, 2.24) is 5.32 Å². The molecule has 0 aromatic carbocycles. The molecule has 1 atom stereocenters. The minimum atomic E-state index is 0.837. The van der Waals surface area contributed by atoms with Gasteiger partial charge < -0.3 is 5.32 Å². The van der Waals surface area contributed by atoms with Gasteiger partial charge >= 0.3 is 0 Å². The molecule has 0 aliphatic heterocycles. The first kappa shape index (κ1) is 12.4. The molecule has 1 unspecified atom stereocenters. The van der Waals surface area contributed by atoms with Gasteiger partial charge in [0.15, 0.2) is 0 Å². The maximum absolute atomic E-state index is 3.83. The predicted octanol–water partition coefficient (Wildman–Crippen LogP) is 3.98. The van der Waals surface area contributed by atoms with E-state index in [2.05, 4.69) is 19.2 Å². The van der Waals surface area contributed by atoms with E-state index in [4.69, 9.17) is 0 Å². The standard InChI is InChI=1S/C15H29N/c1-3-12-5-7-13(8-6-12)11-16-15(4-2)14-9-10-14/h12-16H,3-11H2,1-2H3. The monoisotopic (exact) mass is 223 g/mol. The molecule has 2 aliphatic rings. The van der Waals surface area contributed by atoms with Crippen LogP contribution >= 0.6 is 0 Å². The van der Waals surface area contributed by atoms with Gasteiger partial charge in [0.1, 0.15) is 0 Å². The van der Waals surface area contributed by atoms with Crippen molar-refractivity contribution >= 4 is 0 Å². The summed E-state index contributed by atoms with van der Waals surface area (Å²) < 4.78 is 0. The zero-order chi connectivity index (χ0) is 11.4. The zero-order valence-corrected chi connectivity index (χ0v) is 11.2. The van der Waals surface area contributed by atoms with Crippen LogP contribution in [0.3, 0.4) is 0 Å². The van der Waals surface area contributed by atoms with Crippen LogP contribution in [0, 0.1) is 17.8 Å². The number of hydrogen-bond donors (Lipinski definition) is 1. The quantitative estimate of drug-likeness (QED) is 0.718. The molecule has 0 aromatic rings. The fourth-order valence-corrected chi connectivity index (χ4v) is 3.30. The van der Waals surface area contributed by atoms with Crippen LogP contribution in [0.4, 0.5) is 0 Å². The van der Waals surface area contributed by atoms with E-state index in [0.29, 0.717) is 0 Å². The largest absolute Gasteiger partial charge is 0.313 e. The fraction of sp³-hybridized carbons (Fsp3) is 1.00. The lowest BCUT2D eigenvalue weighted by Gasteiger charge is -2.29. The maximum Gasteiger partial charge on any atom is 0.00928 e. The average molecular weight is 223 g/mol. The maximum atomic E-state index is 3.83. The highest BCUT2D eigenvalue weighted by atomic mass is 14.9. The Bertz CT molecular complexity index is 190. The Morgan fingerprint density at radius 2 is 1.56 bits per heavy atom. The van der Waals surface area contributed by atoms with Crippen LogP contribution in [0.15, 0.2) is 0 Å². The molecule has 0 bridgehead atoms. The minimum absolute atomic E-state index is 0.837. The van der Waals surface area contributed by atoms with E-state index in [1.165, 1.54) is 57.9 Å². The Morgan fingerprint density at radius 1 is 0.938 bits per heavy atom. The smallest absolute Gasteiger partial charge is 0.00928 e. The van der Waals surface area contributed by atoms with E-state index < -0.39 is 0 Å². The molecule has 0 amide bonds. The number of nitrogens with one attached hydrogen (secondary N) is 1. The third kappa shape index (κ3) is 3.48. The lowest BCUT2D eigenvalue weighted by molar-refractivity contribution is 0.252. The molecule has 2 fully saturated rings. The van der Waals surface area contributed by atoms with Gasteiger partial charge in [0.2, 0.25) is 0 Å². The Kier molecular flexibility index (Phi) is 4.69. The molecule has 2 aliphatic carbocycles. The van der Waals surface area contributed by atoms with Gasteiger partial charge in [-0.25, -0.2) is 0 Å². The van der Waals surface area contributed by atoms with Crippen LogP contribution in [0.25, 0.3) is 0 Å². The molecule has 0 aromatic heterocycles. The average Bonchev–Trinajstić information content (AvgIpc) is 3.15. The second-order valence-electron chi connectivity index (χ2n) is 6.06. The summed E-state index contributed by atoms with van der Waals surface area (Å²) in [5, 5.41) is 3.83. The van der Waals surface area contributed by atoms with Gasteiger partial charge in [0, 0.05) is 6.04 Å². The molecule has 0 radical (unpaired) electrons. The summed E-state index contributed by atoms with van der Waals surface area (Å²) >= 11 is 0. The van der Waals surface area contributed by atoms with E-state index in [1.807, 2.05) is 0 Å². The summed E-state index contributed by atoms with van der Waals surface area (Å²) in [6, 6.07) is 0.837. The van der Waals surface area contributed by atoms with E-state index in [1.54, 1.807) is 0 Å². The van der Waals surface area contributed by atoms with Crippen molar-refractivity contribution in [3.05, 3.63) is 0 Å². The van der Waals surface area contributed by atoms with Crippen molar-refractivity contribution in [2.45, 2.75) is 71.3 Å². The Labute approximate surface area is 101 Å². The summed E-state index contributed by atoms with van der Waals surface area (Å²) in [5.41, 5.74) is 0. The first-order valence-electron chi connectivity index (χ1n) is 7.56. The molecular weight excluding hydrogens is 194 g/mol. The normalized spacial score (nSPS) is 32.6. The Morgan fingerprint density at radius 3 is 2.06 bits per heavy atom. The highest BCUT2D eigenvalue weighted by molar-refractivity contribution is 4.86. The summed E-state index contributed by atoms with van der Waals surface area (Å²) in [6.45, 7) is 5.98. The van der Waals surface area contributed by atoms with Crippen LogP contribution in [0.1, 0.15) is 65.2 Å². The van der Waals surface area contributed by atoms with Crippen LogP contribution in [0.5, 0.6) is 0 Å². The summed E-state index contributed by atoms with van der Waals surface area (Å²) in [6.07, 6.45) is 11.6. The van der Waals surface area contributed by atoms with Gasteiger partial charge in [-0.15, -0.1) is 0 Å². The fourth-order valence-electron chi connectivity index (χ4n) is 3.30. The van der Waals surface area contributed by atoms with Crippen LogP contribution in [0.2, 0.25) is 0 Å². The second-order valence-corrected chi connectivity index (χ2v) is 6.06. The molecule has 2 saturated carbocycles. The van der Waals surface area contributed by atoms with Gasteiger partial charge in [0.05, 0.1) is 0 Å². The lowest BCUT2D eigenvalue weighted by atomic mass is 9.81. The van der Waals surface area contributed by atoms with Crippen LogP contribution in [-0.4, -0.2) is 12.6 Å². The Hall–Kier alpha value is -0.0400. The van der Waals surface area contributed by atoms with Gasteiger partial charge in [-0.3, -0.25) is 0 Å². The first-order valence-corrected chi connectivity index (χ1v) is 7.56. The van der Waals surface area contributed by atoms with Gasteiger partial charge in [-0.2, -0.15) is 0 Å². The number of hydrogen-bond acceptors (Lipinski definition) is 1. The zero-order valence-electron chi connectivity index (χ0n) is 11.2. The molecule has 1 nitrogen and oxygen atoms in total. The van der Waals surface area contributed by atoms with E-state index in [0.717, 1.165) is 23.8 Å². The van der Waals surface area contributed by atoms with Crippen molar-refractivity contribution in [3.8, 4) is 0 Å². The van der Waals surface area contributed by atoms with E-state index in [-0.39, 0.29) is 0 Å². The Balaban J connectivity index is 1.62. The van der Waals surface area contributed by atoms with Crippen molar-refractivity contribution in [2.24, 2.45) is 17.8 Å².